The number of rotatable bonds is 6. The van der Waals surface area contributed by atoms with Crippen LogP contribution in [0, 0.1) is 0 Å². The van der Waals surface area contributed by atoms with Crippen LogP contribution < -0.4 is 10.1 Å². The van der Waals surface area contributed by atoms with Crippen LogP contribution in [0.4, 0.5) is 0 Å². The summed E-state index contributed by atoms with van der Waals surface area (Å²) in [4.78, 5) is 0. The minimum atomic E-state index is -0.0116. The number of para-hydroxylation sites is 1. The van der Waals surface area contributed by atoms with Crippen molar-refractivity contribution in [3.63, 3.8) is 0 Å². The lowest BCUT2D eigenvalue weighted by molar-refractivity contribution is 0.200. The zero-order valence-corrected chi connectivity index (χ0v) is 10.4. The molecule has 0 atom stereocenters. The second-order valence-electron chi connectivity index (χ2n) is 3.84. The maximum absolute atomic E-state index is 8.74. The molecule has 0 aliphatic heterocycles. The highest BCUT2D eigenvalue weighted by Crippen LogP contribution is 2.28. The van der Waals surface area contributed by atoms with Crippen LogP contribution in [0.25, 0.3) is 0 Å². The van der Waals surface area contributed by atoms with Crippen LogP contribution in [0.2, 0.25) is 5.02 Å². The summed E-state index contributed by atoms with van der Waals surface area (Å²) in [5.41, 5.74) is 1.01. The van der Waals surface area contributed by atoms with Gasteiger partial charge in [0.15, 0.2) is 0 Å². The van der Waals surface area contributed by atoms with Gasteiger partial charge in [-0.15, -0.1) is 0 Å². The molecule has 0 saturated carbocycles. The molecule has 2 N–H and O–H groups in total. The molecule has 1 aromatic carbocycles. The van der Waals surface area contributed by atoms with Crippen molar-refractivity contribution in [3.05, 3.63) is 28.8 Å². The highest BCUT2D eigenvalue weighted by molar-refractivity contribution is 6.32. The van der Waals surface area contributed by atoms with E-state index in [-0.39, 0.29) is 13.2 Å². The van der Waals surface area contributed by atoms with E-state index in [9.17, 15) is 0 Å². The van der Waals surface area contributed by atoms with Gasteiger partial charge in [-0.2, -0.15) is 0 Å². The van der Waals surface area contributed by atoms with Crippen molar-refractivity contribution in [1.82, 2.24) is 5.32 Å². The lowest BCUT2D eigenvalue weighted by Crippen LogP contribution is -2.22. The minimum absolute atomic E-state index is 0.0116. The number of aliphatic hydroxyl groups excluding tert-OH is 1. The van der Waals surface area contributed by atoms with Crippen molar-refractivity contribution in [2.45, 2.75) is 26.4 Å². The molecule has 0 radical (unpaired) electrons. The maximum atomic E-state index is 8.74. The van der Waals surface area contributed by atoms with Gasteiger partial charge in [0.05, 0.1) is 11.6 Å². The molecule has 0 aliphatic rings. The highest BCUT2D eigenvalue weighted by Gasteiger charge is 2.08. The molecule has 0 amide bonds. The van der Waals surface area contributed by atoms with Gasteiger partial charge in [0.2, 0.25) is 0 Å². The fourth-order valence-corrected chi connectivity index (χ4v) is 1.56. The molecule has 0 fully saturated rings. The molecule has 0 bridgehead atoms. The number of hydrogen-bond donors (Lipinski definition) is 2. The van der Waals surface area contributed by atoms with Gasteiger partial charge < -0.3 is 15.2 Å². The van der Waals surface area contributed by atoms with Crippen molar-refractivity contribution in [2.75, 3.05) is 13.2 Å². The molecule has 0 spiro atoms. The first-order valence-corrected chi connectivity index (χ1v) is 5.77. The average molecular weight is 244 g/mol. The smallest absolute Gasteiger partial charge is 0.142 e. The van der Waals surface area contributed by atoms with E-state index in [1.54, 1.807) is 6.07 Å². The first-order chi connectivity index (χ1) is 7.65. The standard InChI is InChI=1S/C12H18ClNO2/c1-9(2)14-8-10-4-3-5-11(13)12(10)16-7-6-15/h3-5,9,14-15H,6-8H2,1-2H3. The quantitative estimate of drug-likeness (QED) is 0.805. The topological polar surface area (TPSA) is 41.5 Å². The summed E-state index contributed by atoms with van der Waals surface area (Å²) in [6, 6.07) is 6.05. The van der Waals surface area contributed by atoms with Crippen LogP contribution in [0.3, 0.4) is 0 Å². The zero-order valence-electron chi connectivity index (χ0n) is 9.66. The molecule has 3 nitrogen and oxygen atoms in total. The third-order valence-corrected chi connectivity index (χ3v) is 2.38. The van der Waals surface area contributed by atoms with E-state index in [2.05, 4.69) is 19.2 Å². The predicted molar refractivity (Wildman–Crippen MR) is 66.0 cm³/mol. The number of hydrogen-bond acceptors (Lipinski definition) is 3. The molecule has 0 aromatic heterocycles. The Morgan fingerprint density at radius 3 is 2.81 bits per heavy atom. The zero-order chi connectivity index (χ0) is 12.0. The van der Waals surface area contributed by atoms with E-state index < -0.39 is 0 Å². The summed E-state index contributed by atoms with van der Waals surface area (Å²) >= 11 is 6.05. The van der Waals surface area contributed by atoms with Crippen LogP contribution >= 0.6 is 11.6 Å². The van der Waals surface area contributed by atoms with Crippen LogP contribution in [-0.2, 0) is 6.54 Å². The van der Waals surface area contributed by atoms with Gasteiger partial charge in [0, 0.05) is 18.2 Å². The summed E-state index contributed by atoms with van der Waals surface area (Å²) in [6.07, 6.45) is 0. The van der Waals surface area contributed by atoms with Gasteiger partial charge in [-0.1, -0.05) is 37.6 Å². The van der Waals surface area contributed by atoms with Gasteiger partial charge >= 0.3 is 0 Å². The van der Waals surface area contributed by atoms with Gasteiger partial charge in [-0.05, 0) is 6.07 Å². The number of benzene rings is 1. The Balaban J connectivity index is 2.76. The number of nitrogens with one attached hydrogen (secondary N) is 1. The Morgan fingerprint density at radius 2 is 2.19 bits per heavy atom. The fourth-order valence-electron chi connectivity index (χ4n) is 1.32. The molecule has 4 heteroatoms. The molecular formula is C12H18ClNO2. The van der Waals surface area contributed by atoms with Gasteiger partial charge in [-0.25, -0.2) is 0 Å². The molecule has 16 heavy (non-hydrogen) atoms. The van der Waals surface area contributed by atoms with E-state index in [4.69, 9.17) is 21.4 Å². The lowest BCUT2D eigenvalue weighted by atomic mass is 10.2. The van der Waals surface area contributed by atoms with Crippen molar-refractivity contribution in [2.24, 2.45) is 0 Å². The van der Waals surface area contributed by atoms with Gasteiger partial charge in [-0.3, -0.25) is 0 Å². The Hall–Kier alpha value is -0.770. The maximum Gasteiger partial charge on any atom is 0.142 e. The summed E-state index contributed by atoms with van der Waals surface area (Å²) in [7, 11) is 0. The number of ether oxygens (including phenoxy) is 1. The molecule has 1 aromatic rings. The largest absolute Gasteiger partial charge is 0.489 e. The van der Waals surface area contributed by atoms with Crippen molar-refractivity contribution < 1.29 is 9.84 Å². The van der Waals surface area contributed by atoms with Gasteiger partial charge in [0.25, 0.3) is 0 Å². The van der Waals surface area contributed by atoms with Gasteiger partial charge in [0.1, 0.15) is 12.4 Å². The van der Waals surface area contributed by atoms with E-state index in [1.165, 1.54) is 0 Å². The molecule has 0 unspecified atom stereocenters. The lowest BCUT2D eigenvalue weighted by Gasteiger charge is -2.14. The van der Waals surface area contributed by atoms with Crippen LogP contribution in [-0.4, -0.2) is 24.4 Å². The third-order valence-electron chi connectivity index (χ3n) is 2.09. The van der Waals surface area contributed by atoms with Crippen LogP contribution in [0.1, 0.15) is 19.4 Å². The molecule has 0 heterocycles. The summed E-state index contributed by atoms with van der Waals surface area (Å²) in [5, 5.41) is 12.6. The second kappa shape index (κ2) is 6.74. The first kappa shape index (κ1) is 13.3. The second-order valence-corrected chi connectivity index (χ2v) is 4.24. The highest BCUT2D eigenvalue weighted by atomic mass is 35.5. The summed E-state index contributed by atoms with van der Waals surface area (Å²) in [5.74, 6) is 0.659. The number of aliphatic hydroxyl groups is 1. The van der Waals surface area contributed by atoms with E-state index in [1.807, 2.05) is 12.1 Å². The molecule has 1 rings (SSSR count). The summed E-state index contributed by atoms with van der Waals surface area (Å²) < 4.78 is 5.43. The SMILES string of the molecule is CC(C)NCc1cccc(Cl)c1OCCO. The van der Waals surface area contributed by atoms with Crippen LogP contribution in [0.15, 0.2) is 18.2 Å². The van der Waals surface area contributed by atoms with Crippen molar-refractivity contribution in [1.29, 1.82) is 0 Å². The Labute approximate surface area is 101 Å². The average Bonchev–Trinajstić information content (AvgIpc) is 2.25. The minimum Gasteiger partial charge on any atom is -0.489 e. The molecule has 90 valence electrons. The fraction of sp³-hybridized carbons (Fsp3) is 0.500. The predicted octanol–water partition coefficient (Wildman–Crippen LogP) is 2.21. The Morgan fingerprint density at radius 1 is 1.44 bits per heavy atom. The molecule has 0 aliphatic carbocycles. The first-order valence-electron chi connectivity index (χ1n) is 5.39. The van der Waals surface area contributed by atoms with E-state index >= 15 is 0 Å². The van der Waals surface area contributed by atoms with Crippen LogP contribution in [0.5, 0.6) is 5.75 Å². The Kier molecular flexibility index (Phi) is 5.60. The molecule has 0 saturated heterocycles. The number of halogens is 1. The van der Waals surface area contributed by atoms with Crippen molar-refractivity contribution >= 4 is 11.6 Å². The Bertz CT molecular complexity index is 329. The normalized spacial score (nSPS) is 10.8. The monoisotopic (exact) mass is 243 g/mol. The van der Waals surface area contributed by atoms with E-state index in [0.717, 1.165) is 5.56 Å². The molecular weight excluding hydrogens is 226 g/mol. The summed E-state index contributed by atoms with van der Waals surface area (Å²) in [6.45, 7) is 5.12. The van der Waals surface area contributed by atoms with Crippen molar-refractivity contribution in [3.8, 4) is 5.75 Å². The third kappa shape index (κ3) is 4.00. The van der Waals surface area contributed by atoms with E-state index in [0.29, 0.717) is 23.4 Å².